The maximum absolute atomic E-state index is 11.4. The summed E-state index contributed by atoms with van der Waals surface area (Å²) in [4.78, 5) is 22.0. The molecular weight excluding hydrogens is 350 g/mol. The molecule has 0 atom stereocenters. The molecule has 0 aliphatic heterocycles. The van der Waals surface area contributed by atoms with E-state index in [4.69, 9.17) is 21.1 Å². The predicted molar refractivity (Wildman–Crippen MR) is 91.5 cm³/mol. The second-order valence-corrected chi connectivity index (χ2v) is 5.38. The molecule has 0 amide bonds. The maximum atomic E-state index is 11.4. The number of benzene rings is 2. The van der Waals surface area contributed by atoms with E-state index in [0.29, 0.717) is 23.8 Å². The molecule has 0 spiro atoms. The Labute approximate surface area is 149 Å². The Morgan fingerprint density at radius 2 is 1.92 bits per heavy atom. The quantitative estimate of drug-likeness (QED) is 0.305. The van der Waals surface area contributed by atoms with E-state index in [0.717, 1.165) is 6.07 Å². The Hall–Kier alpha value is -2.80. The smallest absolute Gasteiger partial charge is 0.338 e. The SMILES string of the molecule is COC(=O)c1ccc(OCCCOc2cccc(Cl)c2)c([N+](=O)[O-])c1. The second kappa shape index (κ2) is 8.89. The molecule has 0 saturated carbocycles. The van der Waals surface area contributed by atoms with Gasteiger partial charge in [0.05, 0.1) is 30.8 Å². The molecule has 0 unspecified atom stereocenters. The van der Waals surface area contributed by atoms with Crippen LogP contribution in [-0.4, -0.2) is 31.2 Å². The van der Waals surface area contributed by atoms with Crippen molar-refractivity contribution in [1.82, 2.24) is 0 Å². The number of halogens is 1. The number of nitro groups is 1. The Morgan fingerprint density at radius 3 is 2.60 bits per heavy atom. The number of hydrogen-bond acceptors (Lipinski definition) is 6. The van der Waals surface area contributed by atoms with Gasteiger partial charge in [-0.05, 0) is 30.3 Å². The van der Waals surface area contributed by atoms with Crippen LogP contribution in [-0.2, 0) is 4.74 Å². The molecule has 0 bridgehead atoms. The van der Waals surface area contributed by atoms with Gasteiger partial charge in [0.15, 0.2) is 5.75 Å². The lowest BCUT2D eigenvalue weighted by atomic mass is 10.2. The molecule has 0 aliphatic rings. The van der Waals surface area contributed by atoms with Gasteiger partial charge >= 0.3 is 11.7 Å². The van der Waals surface area contributed by atoms with Crippen molar-refractivity contribution >= 4 is 23.3 Å². The lowest BCUT2D eigenvalue weighted by Gasteiger charge is -2.09. The molecule has 8 heteroatoms. The Morgan fingerprint density at radius 1 is 1.16 bits per heavy atom. The zero-order chi connectivity index (χ0) is 18.2. The van der Waals surface area contributed by atoms with Crippen LogP contribution < -0.4 is 9.47 Å². The van der Waals surface area contributed by atoms with E-state index >= 15 is 0 Å². The molecule has 2 rings (SSSR count). The van der Waals surface area contributed by atoms with Crippen LogP contribution in [0.2, 0.25) is 5.02 Å². The van der Waals surface area contributed by atoms with Crippen molar-refractivity contribution in [1.29, 1.82) is 0 Å². The lowest BCUT2D eigenvalue weighted by Crippen LogP contribution is -2.07. The highest BCUT2D eigenvalue weighted by molar-refractivity contribution is 6.30. The number of nitro benzene ring substituents is 1. The van der Waals surface area contributed by atoms with Crippen LogP contribution in [0, 0.1) is 10.1 Å². The minimum Gasteiger partial charge on any atom is -0.493 e. The first-order chi connectivity index (χ1) is 12.0. The molecule has 0 fully saturated rings. The number of nitrogens with zero attached hydrogens (tertiary/aromatic N) is 1. The minimum absolute atomic E-state index is 0.0837. The monoisotopic (exact) mass is 365 g/mol. The number of carbonyl (C=O) groups is 1. The molecule has 0 radical (unpaired) electrons. The number of hydrogen-bond donors (Lipinski definition) is 0. The van der Waals surface area contributed by atoms with Crippen molar-refractivity contribution in [2.45, 2.75) is 6.42 Å². The minimum atomic E-state index is -0.649. The van der Waals surface area contributed by atoms with E-state index < -0.39 is 10.9 Å². The number of esters is 1. The summed E-state index contributed by atoms with van der Waals surface area (Å²) in [5.74, 6) is 0.0749. The van der Waals surface area contributed by atoms with Crippen molar-refractivity contribution in [3.8, 4) is 11.5 Å². The average Bonchev–Trinajstić information content (AvgIpc) is 2.60. The first-order valence-electron chi connectivity index (χ1n) is 7.39. The first-order valence-corrected chi connectivity index (χ1v) is 7.77. The van der Waals surface area contributed by atoms with Crippen LogP contribution in [0.25, 0.3) is 0 Å². The van der Waals surface area contributed by atoms with Gasteiger partial charge in [0.2, 0.25) is 0 Å². The van der Waals surface area contributed by atoms with Gasteiger partial charge in [-0.2, -0.15) is 0 Å². The zero-order valence-corrected chi connectivity index (χ0v) is 14.2. The normalized spacial score (nSPS) is 10.2. The van der Waals surface area contributed by atoms with Gasteiger partial charge in [0.25, 0.3) is 0 Å². The van der Waals surface area contributed by atoms with Crippen LogP contribution in [0.3, 0.4) is 0 Å². The van der Waals surface area contributed by atoms with Gasteiger partial charge in [-0.25, -0.2) is 4.79 Å². The molecule has 2 aromatic rings. The van der Waals surface area contributed by atoms with Gasteiger partial charge < -0.3 is 14.2 Å². The fraction of sp³-hybridized carbons (Fsp3) is 0.235. The summed E-state index contributed by atoms with van der Waals surface area (Å²) in [5.41, 5.74) is -0.204. The molecule has 0 saturated heterocycles. The van der Waals surface area contributed by atoms with E-state index in [-0.39, 0.29) is 23.6 Å². The Balaban J connectivity index is 1.89. The summed E-state index contributed by atoms with van der Waals surface area (Å²) in [5, 5.41) is 11.7. The third kappa shape index (κ3) is 5.36. The fourth-order valence-electron chi connectivity index (χ4n) is 2.01. The lowest BCUT2D eigenvalue weighted by molar-refractivity contribution is -0.385. The third-order valence-electron chi connectivity index (χ3n) is 3.19. The van der Waals surface area contributed by atoms with Gasteiger partial charge in [-0.1, -0.05) is 17.7 Å². The van der Waals surface area contributed by atoms with Gasteiger partial charge in [-0.3, -0.25) is 10.1 Å². The van der Waals surface area contributed by atoms with Crippen LogP contribution in [0.15, 0.2) is 42.5 Å². The van der Waals surface area contributed by atoms with Crippen LogP contribution in [0.4, 0.5) is 5.69 Å². The van der Waals surface area contributed by atoms with Gasteiger partial charge in [0.1, 0.15) is 5.75 Å². The summed E-state index contributed by atoms with van der Waals surface area (Å²) < 4.78 is 15.5. The predicted octanol–water partition coefficient (Wildman–Crippen LogP) is 3.88. The standard InChI is InChI=1S/C17H16ClNO6/c1-23-17(20)12-6-7-16(15(10-12)19(21)22)25-9-3-8-24-14-5-2-4-13(18)11-14/h2,4-7,10-11H,3,8-9H2,1H3. The first kappa shape index (κ1) is 18.5. The number of methoxy groups -OCH3 is 1. The molecule has 7 nitrogen and oxygen atoms in total. The van der Waals surface area contributed by atoms with Crippen molar-refractivity contribution in [2.75, 3.05) is 20.3 Å². The van der Waals surface area contributed by atoms with Crippen LogP contribution in [0.5, 0.6) is 11.5 Å². The van der Waals surface area contributed by atoms with E-state index in [1.807, 2.05) is 0 Å². The van der Waals surface area contributed by atoms with Crippen LogP contribution >= 0.6 is 11.6 Å². The molecule has 0 N–H and O–H groups in total. The highest BCUT2D eigenvalue weighted by Gasteiger charge is 2.19. The van der Waals surface area contributed by atoms with E-state index in [9.17, 15) is 14.9 Å². The molecule has 0 heterocycles. The number of ether oxygens (including phenoxy) is 3. The average molecular weight is 366 g/mol. The largest absolute Gasteiger partial charge is 0.493 e. The zero-order valence-electron chi connectivity index (χ0n) is 13.4. The Bertz CT molecular complexity index is 765. The summed E-state index contributed by atoms with van der Waals surface area (Å²) in [6, 6.07) is 10.9. The summed E-state index contributed by atoms with van der Waals surface area (Å²) in [7, 11) is 1.21. The van der Waals surface area contributed by atoms with Crippen molar-refractivity contribution in [3.63, 3.8) is 0 Å². The molecule has 0 aliphatic carbocycles. The van der Waals surface area contributed by atoms with Gasteiger partial charge in [0, 0.05) is 17.5 Å². The molecule has 0 aromatic heterocycles. The molecular formula is C17H16ClNO6. The van der Waals surface area contributed by atoms with E-state index in [1.165, 1.54) is 19.2 Å². The van der Waals surface area contributed by atoms with Gasteiger partial charge in [-0.15, -0.1) is 0 Å². The maximum Gasteiger partial charge on any atom is 0.338 e. The van der Waals surface area contributed by atoms with Crippen molar-refractivity contribution < 1.29 is 23.9 Å². The molecule has 25 heavy (non-hydrogen) atoms. The topological polar surface area (TPSA) is 87.9 Å². The van der Waals surface area contributed by atoms with E-state index in [2.05, 4.69) is 4.74 Å². The van der Waals surface area contributed by atoms with Crippen LogP contribution in [0.1, 0.15) is 16.8 Å². The summed E-state index contributed by atoms with van der Waals surface area (Å²) >= 11 is 5.86. The highest BCUT2D eigenvalue weighted by Crippen LogP contribution is 2.28. The second-order valence-electron chi connectivity index (χ2n) is 4.94. The number of carbonyl (C=O) groups excluding carboxylic acids is 1. The Kier molecular flexibility index (Phi) is 6.59. The molecule has 2 aromatic carbocycles. The van der Waals surface area contributed by atoms with Crippen molar-refractivity contribution in [2.24, 2.45) is 0 Å². The summed E-state index contributed by atoms with van der Waals surface area (Å²) in [6.07, 6.45) is 0.516. The van der Waals surface area contributed by atoms with Crippen molar-refractivity contribution in [3.05, 3.63) is 63.2 Å². The van der Waals surface area contributed by atoms with E-state index in [1.54, 1.807) is 24.3 Å². The highest BCUT2D eigenvalue weighted by atomic mass is 35.5. The molecule has 132 valence electrons. The number of rotatable bonds is 8. The third-order valence-corrected chi connectivity index (χ3v) is 3.42. The summed E-state index contributed by atoms with van der Waals surface area (Å²) in [6.45, 7) is 0.591. The fourth-order valence-corrected chi connectivity index (χ4v) is 2.20.